The molecule has 0 aliphatic rings. The fourth-order valence-electron chi connectivity index (χ4n) is 2.23. The molecule has 1 aromatic carbocycles. The van der Waals surface area contributed by atoms with Crippen molar-refractivity contribution in [3.05, 3.63) is 47.8 Å². The van der Waals surface area contributed by atoms with Gasteiger partial charge in [-0.1, -0.05) is 32.0 Å². The van der Waals surface area contributed by atoms with E-state index in [2.05, 4.69) is 30.3 Å². The van der Waals surface area contributed by atoms with E-state index in [4.69, 9.17) is 4.74 Å². The summed E-state index contributed by atoms with van der Waals surface area (Å²) < 4.78 is 7.70. The van der Waals surface area contributed by atoms with Crippen LogP contribution in [-0.2, 0) is 7.05 Å². The summed E-state index contributed by atoms with van der Waals surface area (Å²) in [6, 6.07) is 10.3. The van der Waals surface area contributed by atoms with E-state index in [0.717, 1.165) is 36.6 Å². The van der Waals surface area contributed by atoms with Gasteiger partial charge in [-0.25, -0.2) is 0 Å². The molecule has 1 heterocycles. The first-order valence-electron chi connectivity index (χ1n) is 7.20. The number of nitrogens with zero attached hydrogens (tertiary/aromatic N) is 2. The van der Waals surface area contributed by atoms with Gasteiger partial charge in [-0.3, -0.25) is 4.68 Å². The molecule has 0 spiro atoms. The van der Waals surface area contributed by atoms with Crippen LogP contribution >= 0.6 is 0 Å². The summed E-state index contributed by atoms with van der Waals surface area (Å²) in [5, 5.41) is 8.02. The van der Waals surface area contributed by atoms with Crippen molar-refractivity contribution < 1.29 is 4.74 Å². The number of nitrogens with one attached hydrogen (secondary N) is 1. The monoisotopic (exact) mass is 273 g/mol. The molecule has 0 amide bonds. The average molecular weight is 273 g/mol. The van der Waals surface area contributed by atoms with E-state index in [1.54, 1.807) is 0 Å². The van der Waals surface area contributed by atoms with Crippen molar-refractivity contribution >= 4 is 0 Å². The maximum Gasteiger partial charge on any atom is 0.124 e. The van der Waals surface area contributed by atoms with Crippen molar-refractivity contribution in [2.24, 2.45) is 7.05 Å². The predicted molar refractivity (Wildman–Crippen MR) is 81.0 cm³/mol. The van der Waals surface area contributed by atoms with Crippen molar-refractivity contribution in [3.63, 3.8) is 0 Å². The van der Waals surface area contributed by atoms with Gasteiger partial charge >= 0.3 is 0 Å². The van der Waals surface area contributed by atoms with Crippen LogP contribution in [0, 0.1) is 0 Å². The van der Waals surface area contributed by atoms with Crippen molar-refractivity contribution in [1.82, 2.24) is 15.1 Å². The van der Waals surface area contributed by atoms with Crippen LogP contribution in [0.1, 0.15) is 37.6 Å². The normalized spacial score (nSPS) is 12.3. The first-order valence-corrected chi connectivity index (χ1v) is 7.20. The number of rotatable bonds is 7. The lowest BCUT2D eigenvalue weighted by atomic mass is 10.0. The highest BCUT2D eigenvalue weighted by Gasteiger charge is 2.19. The summed E-state index contributed by atoms with van der Waals surface area (Å²) in [4.78, 5) is 0. The molecule has 20 heavy (non-hydrogen) atoms. The van der Waals surface area contributed by atoms with E-state index in [-0.39, 0.29) is 6.04 Å². The molecular weight excluding hydrogens is 250 g/mol. The Morgan fingerprint density at radius 1 is 1.25 bits per heavy atom. The van der Waals surface area contributed by atoms with E-state index in [1.165, 1.54) is 0 Å². The molecule has 1 atom stereocenters. The molecular formula is C16H23N3O. The highest BCUT2D eigenvalue weighted by atomic mass is 16.5. The fourth-order valence-corrected chi connectivity index (χ4v) is 2.23. The van der Waals surface area contributed by atoms with E-state index >= 15 is 0 Å². The second-order valence-electron chi connectivity index (χ2n) is 4.79. The van der Waals surface area contributed by atoms with Gasteiger partial charge in [0, 0.05) is 18.8 Å². The largest absolute Gasteiger partial charge is 0.493 e. The van der Waals surface area contributed by atoms with Gasteiger partial charge in [0.2, 0.25) is 0 Å². The molecule has 2 rings (SSSR count). The van der Waals surface area contributed by atoms with Crippen LogP contribution in [0.4, 0.5) is 0 Å². The van der Waals surface area contributed by atoms with E-state index in [1.807, 2.05) is 42.2 Å². The van der Waals surface area contributed by atoms with Crippen molar-refractivity contribution in [2.45, 2.75) is 26.3 Å². The quantitative estimate of drug-likeness (QED) is 0.843. The lowest BCUT2D eigenvalue weighted by Crippen LogP contribution is -2.23. The van der Waals surface area contributed by atoms with Crippen LogP contribution in [0.15, 0.2) is 36.5 Å². The first kappa shape index (κ1) is 14.6. The number of para-hydroxylation sites is 1. The molecule has 4 heteroatoms. The van der Waals surface area contributed by atoms with Crippen LogP contribution < -0.4 is 10.1 Å². The maximum atomic E-state index is 5.87. The molecule has 4 nitrogen and oxygen atoms in total. The Kier molecular flexibility index (Phi) is 5.18. The van der Waals surface area contributed by atoms with Crippen molar-refractivity contribution in [3.8, 4) is 5.75 Å². The lowest BCUT2D eigenvalue weighted by molar-refractivity contribution is 0.311. The minimum atomic E-state index is 0.0641. The first-order chi connectivity index (χ1) is 9.76. The van der Waals surface area contributed by atoms with Crippen LogP contribution in [0.3, 0.4) is 0 Å². The molecule has 1 N–H and O–H groups in total. The average Bonchev–Trinajstić information content (AvgIpc) is 2.89. The van der Waals surface area contributed by atoms with Gasteiger partial charge in [0.25, 0.3) is 0 Å². The highest BCUT2D eigenvalue weighted by Crippen LogP contribution is 2.29. The van der Waals surface area contributed by atoms with Gasteiger partial charge in [0.15, 0.2) is 0 Å². The number of aromatic nitrogens is 2. The molecule has 1 aromatic heterocycles. The Labute approximate surface area is 120 Å². The number of hydrogen-bond donors (Lipinski definition) is 1. The predicted octanol–water partition coefficient (Wildman–Crippen LogP) is 2.91. The minimum Gasteiger partial charge on any atom is -0.493 e. The van der Waals surface area contributed by atoms with Crippen molar-refractivity contribution in [2.75, 3.05) is 13.2 Å². The van der Waals surface area contributed by atoms with Crippen LogP contribution in [0.2, 0.25) is 0 Å². The lowest BCUT2D eigenvalue weighted by Gasteiger charge is -2.19. The Bertz CT molecular complexity index is 536. The van der Waals surface area contributed by atoms with Gasteiger partial charge in [-0.05, 0) is 25.1 Å². The molecule has 2 aromatic rings. The summed E-state index contributed by atoms with van der Waals surface area (Å²) in [7, 11) is 1.94. The molecule has 0 radical (unpaired) electrons. The Balaban J connectivity index is 2.33. The smallest absolute Gasteiger partial charge is 0.124 e. The van der Waals surface area contributed by atoms with Crippen molar-refractivity contribution in [1.29, 1.82) is 0 Å². The standard InChI is InChI=1S/C16H23N3O/c1-4-12-20-15-9-7-6-8-13(15)16(17-5-2)14-10-11-19(3)18-14/h6-11,16-17H,4-5,12H2,1-3H3. The van der Waals surface area contributed by atoms with Crippen LogP contribution in [0.25, 0.3) is 0 Å². The Hall–Kier alpha value is -1.81. The van der Waals surface area contributed by atoms with E-state index < -0.39 is 0 Å². The highest BCUT2D eigenvalue weighted by molar-refractivity contribution is 5.39. The third-order valence-electron chi connectivity index (χ3n) is 3.13. The third kappa shape index (κ3) is 3.39. The zero-order valence-electron chi connectivity index (χ0n) is 12.5. The molecule has 0 fully saturated rings. The third-order valence-corrected chi connectivity index (χ3v) is 3.13. The fraction of sp³-hybridized carbons (Fsp3) is 0.438. The number of hydrogen-bond acceptors (Lipinski definition) is 3. The molecule has 1 unspecified atom stereocenters. The minimum absolute atomic E-state index is 0.0641. The van der Waals surface area contributed by atoms with E-state index in [0.29, 0.717) is 0 Å². The summed E-state index contributed by atoms with van der Waals surface area (Å²) in [6.45, 7) is 5.83. The Morgan fingerprint density at radius 3 is 2.70 bits per heavy atom. The molecule has 0 bridgehead atoms. The topological polar surface area (TPSA) is 39.1 Å². The SMILES string of the molecule is CCCOc1ccccc1C(NCC)c1ccn(C)n1. The molecule has 0 saturated carbocycles. The van der Waals surface area contributed by atoms with Crippen LogP contribution in [-0.4, -0.2) is 22.9 Å². The zero-order chi connectivity index (χ0) is 14.4. The summed E-state index contributed by atoms with van der Waals surface area (Å²) in [5.41, 5.74) is 2.16. The Morgan fingerprint density at radius 2 is 2.05 bits per heavy atom. The van der Waals surface area contributed by atoms with Gasteiger partial charge in [0.1, 0.15) is 5.75 Å². The second-order valence-corrected chi connectivity index (χ2v) is 4.79. The molecule has 0 aliphatic carbocycles. The maximum absolute atomic E-state index is 5.87. The van der Waals surface area contributed by atoms with Gasteiger partial charge < -0.3 is 10.1 Å². The molecule has 108 valence electrons. The van der Waals surface area contributed by atoms with Gasteiger partial charge in [-0.2, -0.15) is 5.10 Å². The molecule has 0 aliphatic heterocycles. The van der Waals surface area contributed by atoms with E-state index in [9.17, 15) is 0 Å². The summed E-state index contributed by atoms with van der Waals surface area (Å²) in [5.74, 6) is 0.936. The van der Waals surface area contributed by atoms with Crippen LogP contribution in [0.5, 0.6) is 5.75 Å². The van der Waals surface area contributed by atoms with Gasteiger partial charge in [-0.15, -0.1) is 0 Å². The molecule has 0 saturated heterocycles. The number of aryl methyl sites for hydroxylation is 1. The summed E-state index contributed by atoms with van der Waals surface area (Å²) in [6.07, 6.45) is 2.97. The van der Waals surface area contributed by atoms with Gasteiger partial charge in [0.05, 0.1) is 18.3 Å². The number of benzene rings is 1. The number of ether oxygens (including phenoxy) is 1. The summed E-state index contributed by atoms with van der Waals surface area (Å²) >= 11 is 0. The zero-order valence-corrected chi connectivity index (χ0v) is 12.5. The second kappa shape index (κ2) is 7.10.